The summed E-state index contributed by atoms with van der Waals surface area (Å²) in [5.74, 6) is -7.25. The molecule has 0 amide bonds. The van der Waals surface area contributed by atoms with Crippen LogP contribution < -0.4 is 0 Å². The highest BCUT2D eigenvalue weighted by atomic mass is 16.6. The van der Waals surface area contributed by atoms with Crippen LogP contribution in [0.4, 0.5) is 0 Å². The summed E-state index contributed by atoms with van der Waals surface area (Å²) < 4.78 is 29.7. The van der Waals surface area contributed by atoms with E-state index in [1.165, 1.54) is 6.08 Å². The fourth-order valence-electron chi connectivity index (χ4n) is 9.22. The van der Waals surface area contributed by atoms with Gasteiger partial charge in [-0.15, -0.1) is 0 Å². The van der Waals surface area contributed by atoms with Crippen molar-refractivity contribution < 1.29 is 57.6 Å². The Balaban J connectivity index is 1.34. The van der Waals surface area contributed by atoms with E-state index in [0.717, 1.165) is 0 Å². The van der Waals surface area contributed by atoms with Crippen LogP contribution in [-0.4, -0.2) is 77.4 Å². The van der Waals surface area contributed by atoms with Crippen LogP contribution in [-0.2, 0) is 52.5 Å². The van der Waals surface area contributed by atoms with Gasteiger partial charge in [0, 0.05) is 58.8 Å². The number of rotatable bonds is 6. The minimum absolute atomic E-state index is 0.00414. The maximum atomic E-state index is 13.8. The van der Waals surface area contributed by atoms with E-state index in [-0.39, 0.29) is 29.8 Å². The van der Waals surface area contributed by atoms with E-state index in [9.17, 15) is 33.9 Å². The minimum atomic E-state index is -1.47. The van der Waals surface area contributed by atoms with Crippen molar-refractivity contribution in [1.29, 1.82) is 0 Å². The maximum Gasteiger partial charge on any atom is 0.335 e. The lowest BCUT2D eigenvalue weighted by Gasteiger charge is -2.32. The summed E-state index contributed by atoms with van der Waals surface area (Å²) in [6.07, 6.45) is 0.313. The van der Waals surface area contributed by atoms with Gasteiger partial charge in [-0.1, -0.05) is 31.6 Å². The molecule has 7 rings (SSSR count). The van der Waals surface area contributed by atoms with Crippen molar-refractivity contribution in [3.05, 3.63) is 68.9 Å². The van der Waals surface area contributed by atoms with E-state index in [2.05, 4.69) is 0 Å². The smallest absolute Gasteiger partial charge is 0.335 e. The lowest BCUT2D eigenvalue weighted by atomic mass is 9.76. The average Bonchev–Trinajstić information content (AvgIpc) is 3.80. The highest BCUT2D eigenvalue weighted by Gasteiger charge is 2.61. The van der Waals surface area contributed by atoms with E-state index in [4.69, 9.17) is 23.7 Å². The van der Waals surface area contributed by atoms with Gasteiger partial charge in [0.2, 0.25) is 0 Å². The number of esters is 5. The number of allylic oxidation sites excluding steroid dienone is 3. The lowest BCUT2D eigenvalue weighted by Crippen LogP contribution is -2.40. The van der Waals surface area contributed by atoms with Crippen molar-refractivity contribution in [2.45, 2.75) is 97.9 Å². The molecule has 51 heavy (non-hydrogen) atoms. The normalized spacial score (nSPS) is 37.7. The van der Waals surface area contributed by atoms with Crippen molar-refractivity contribution in [3.8, 4) is 0 Å². The van der Waals surface area contributed by atoms with E-state index < -0.39 is 102 Å². The number of hydrogen-bond donors (Lipinski definition) is 1. The summed E-state index contributed by atoms with van der Waals surface area (Å²) >= 11 is 0. The van der Waals surface area contributed by atoms with Gasteiger partial charge >= 0.3 is 29.8 Å². The van der Waals surface area contributed by atoms with Crippen LogP contribution in [0.15, 0.2) is 68.9 Å². The van der Waals surface area contributed by atoms with Crippen LogP contribution in [0, 0.1) is 35.5 Å². The summed E-state index contributed by atoms with van der Waals surface area (Å²) in [5, 5.41) is 12.6. The Morgan fingerprint density at radius 1 is 0.843 bits per heavy atom. The molecule has 2 saturated heterocycles. The number of carbonyl (C=O) groups is 6. The monoisotopic (exact) mass is 702 g/mol. The van der Waals surface area contributed by atoms with Crippen molar-refractivity contribution >= 4 is 35.6 Å². The van der Waals surface area contributed by atoms with Crippen LogP contribution in [0.3, 0.4) is 0 Å². The van der Waals surface area contributed by atoms with Gasteiger partial charge in [-0.2, -0.15) is 0 Å². The molecule has 4 aliphatic carbocycles. The molecule has 0 saturated carbocycles. The number of aliphatic hydroxyl groups is 1. The lowest BCUT2D eigenvalue weighted by molar-refractivity contribution is -0.150. The number of carbonyl (C=O) groups excluding carboxylic acids is 6. The maximum absolute atomic E-state index is 13.8. The fraction of sp³-hybridized carbons (Fsp3) is 0.538. The van der Waals surface area contributed by atoms with Gasteiger partial charge in [-0.3, -0.25) is 14.4 Å². The Kier molecular flexibility index (Phi) is 8.59. The predicted molar refractivity (Wildman–Crippen MR) is 177 cm³/mol. The molecule has 0 aromatic heterocycles. The fourth-order valence-corrected chi connectivity index (χ4v) is 9.22. The number of fused-ring (bicyclic) bond motifs is 5. The first-order valence-corrected chi connectivity index (χ1v) is 17.6. The summed E-state index contributed by atoms with van der Waals surface area (Å²) in [6.45, 7) is 11.8. The molecule has 3 heterocycles. The molecule has 0 aromatic rings. The summed E-state index contributed by atoms with van der Waals surface area (Å²) in [5.41, 5.74) is 3.10. The van der Waals surface area contributed by atoms with Crippen LogP contribution >= 0.6 is 0 Å². The molecular weight excluding hydrogens is 660 g/mol. The summed E-state index contributed by atoms with van der Waals surface area (Å²) in [7, 11) is 0. The number of ether oxygens (including phenoxy) is 5. The third kappa shape index (κ3) is 5.27. The second-order valence-electron chi connectivity index (χ2n) is 14.8. The van der Waals surface area contributed by atoms with Crippen molar-refractivity contribution in [2.24, 2.45) is 35.5 Å². The Labute approximate surface area is 295 Å². The number of ketones is 1. The van der Waals surface area contributed by atoms with Gasteiger partial charge in [-0.05, 0) is 63.5 Å². The topological polar surface area (TPSA) is 169 Å². The van der Waals surface area contributed by atoms with Crippen molar-refractivity contribution in [2.75, 3.05) is 0 Å². The quantitative estimate of drug-likeness (QED) is 0.185. The third-order valence-electron chi connectivity index (χ3n) is 12.1. The van der Waals surface area contributed by atoms with Crippen molar-refractivity contribution in [1.82, 2.24) is 0 Å². The van der Waals surface area contributed by atoms with E-state index >= 15 is 0 Å². The number of aliphatic hydroxyl groups excluding tert-OH is 1. The summed E-state index contributed by atoms with van der Waals surface area (Å²) in [6, 6.07) is 0. The highest BCUT2D eigenvalue weighted by molar-refractivity contribution is 6.09. The molecule has 0 bridgehead atoms. The Morgan fingerprint density at radius 2 is 1.37 bits per heavy atom. The molecule has 12 heteroatoms. The van der Waals surface area contributed by atoms with Gasteiger partial charge in [0.1, 0.15) is 30.5 Å². The van der Waals surface area contributed by atoms with Gasteiger partial charge in [0.25, 0.3) is 0 Å². The van der Waals surface area contributed by atoms with Crippen LogP contribution in [0.2, 0.25) is 0 Å². The molecule has 7 aliphatic rings. The molecule has 12 atom stereocenters. The Morgan fingerprint density at radius 3 is 1.92 bits per heavy atom. The SMILES string of the molecule is C/C=C(\C)C(=O)O[C@@H]1CC([C@@H](O)C2=CC3OC(=O)C4=C3[C@H]2[C@H]2OC(=O)[C@H](C)[C@@H]2[C@H](OC(=O)/C(C)=C/C)C4)=C2C(=O)C=C(C)[C@@H]2[C@H]2OC(=O)[C@H](C)[C@@H]21. The number of hydrogen-bond acceptors (Lipinski definition) is 12. The Hall–Kier alpha value is -4.58. The second-order valence-corrected chi connectivity index (χ2v) is 14.8. The van der Waals surface area contributed by atoms with E-state index in [0.29, 0.717) is 33.4 Å². The van der Waals surface area contributed by atoms with Crippen LogP contribution in [0.5, 0.6) is 0 Å². The van der Waals surface area contributed by atoms with Crippen LogP contribution in [0.1, 0.15) is 61.3 Å². The largest absolute Gasteiger partial charge is 0.461 e. The molecule has 3 aliphatic heterocycles. The zero-order chi connectivity index (χ0) is 36.8. The zero-order valence-corrected chi connectivity index (χ0v) is 29.6. The van der Waals surface area contributed by atoms with Gasteiger partial charge < -0.3 is 28.8 Å². The highest BCUT2D eigenvalue weighted by Crippen LogP contribution is 2.56. The van der Waals surface area contributed by atoms with Gasteiger partial charge in [-0.25, -0.2) is 14.4 Å². The molecule has 270 valence electrons. The molecule has 2 fully saturated rings. The Bertz CT molecular complexity index is 1850. The molecule has 0 aromatic carbocycles. The minimum Gasteiger partial charge on any atom is -0.461 e. The van der Waals surface area contributed by atoms with Gasteiger partial charge in [0.05, 0.1) is 17.9 Å². The van der Waals surface area contributed by atoms with E-state index in [1.807, 2.05) is 0 Å². The summed E-state index contributed by atoms with van der Waals surface area (Å²) in [4.78, 5) is 79.6. The molecule has 0 spiro atoms. The molecule has 0 radical (unpaired) electrons. The van der Waals surface area contributed by atoms with E-state index in [1.54, 1.807) is 66.7 Å². The molecule has 1 unspecified atom stereocenters. The first kappa shape index (κ1) is 34.9. The van der Waals surface area contributed by atoms with Crippen molar-refractivity contribution in [3.63, 3.8) is 0 Å². The molecule has 1 N–H and O–H groups in total. The third-order valence-corrected chi connectivity index (χ3v) is 12.1. The zero-order valence-electron chi connectivity index (χ0n) is 29.6. The second kappa shape index (κ2) is 12.6. The standard InChI is InChI=1S/C39H42O12/c1-8-14(3)35(42)47-23-11-19(29-22(40)10-16(5)26(29)33-27(23)17(6)37(44)50-33)32(41)20-12-25-30-21(39(46)49-25)13-24(48-36(43)15(4)9-2)28-18(7)38(45)51-34(28)31(20)30/h8-10,12,17-18,23-28,31-34,41H,11,13H2,1-7H3/b14-8+,15-9+/t17-,18-,23-,24-,25?,26+,27-,28-,31+,32-,33-,34+/m1/s1. The first-order chi connectivity index (χ1) is 24.2. The average molecular weight is 703 g/mol. The molecular formula is C39H42O12. The molecule has 12 nitrogen and oxygen atoms in total. The predicted octanol–water partition coefficient (Wildman–Crippen LogP) is 3.49. The first-order valence-electron chi connectivity index (χ1n) is 17.6. The van der Waals surface area contributed by atoms with Crippen LogP contribution in [0.25, 0.3) is 0 Å². The van der Waals surface area contributed by atoms with Gasteiger partial charge in [0.15, 0.2) is 5.78 Å².